The molecule has 0 heterocycles. The van der Waals surface area contributed by atoms with Crippen molar-refractivity contribution in [3.8, 4) is 0 Å². The largest absolute Gasteiger partial charge is 0.478 e. The molecule has 1 aromatic carbocycles. The van der Waals surface area contributed by atoms with Gasteiger partial charge in [-0.3, -0.25) is 4.79 Å². The first-order valence-corrected chi connectivity index (χ1v) is 5.45. The van der Waals surface area contributed by atoms with Gasteiger partial charge in [0.1, 0.15) is 0 Å². The Morgan fingerprint density at radius 3 is 2.59 bits per heavy atom. The Bertz CT molecular complexity index is 404. The first-order chi connectivity index (χ1) is 8.11. The molecule has 0 aromatic heterocycles. The quantitative estimate of drug-likeness (QED) is 0.625. The fourth-order valence-electron chi connectivity index (χ4n) is 1.47. The molecule has 0 saturated carbocycles. The maximum Gasteiger partial charge on any atom is 0.337 e. The number of rotatable bonds is 7. The predicted molar refractivity (Wildman–Crippen MR) is 64.9 cm³/mol. The number of primary amides is 1. The number of carboxylic acids is 1. The number of anilines is 1. The monoisotopic (exact) mass is 236 g/mol. The molecule has 0 atom stereocenters. The zero-order valence-corrected chi connectivity index (χ0v) is 9.48. The fourth-order valence-corrected chi connectivity index (χ4v) is 1.47. The Hall–Kier alpha value is -2.04. The highest BCUT2D eigenvalue weighted by atomic mass is 16.4. The second-order valence-electron chi connectivity index (χ2n) is 3.70. The lowest BCUT2D eigenvalue weighted by Crippen LogP contribution is -2.11. The van der Waals surface area contributed by atoms with Gasteiger partial charge in [0, 0.05) is 18.7 Å². The number of nitrogens with two attached hydrogens (primary N) is 1. The third kappa shape index (κ3) is 4.55. The molecule has 0 bridgehead atoms. The molecule has 0 aliphatic rings. The smallest absolute Gasteiger partial charge is 0.337 e. The highest BCUT2D eigenvalue weighted by molar-refractivity contribution is 5.94. The van der Waals surface area contributed by atoms with Crippen LogP contribution in [0.25, 0.3) is 0 Å². The van der Waals surface area contributed by atoms with Crippen molar-refractivity contribution in [2.45, 2.75) is 19.3 Å². The fraction of sp³-hybridized carbons (Fsp3) is 0.333. The van der Waals surface area contributed by atoms with Crippen molar-refractivity contribution in [1.82, 2.24) is 0 Å². The van der Waals surface area contributed by atoms with E-state index in [0.717, 1.165) is 6.42 Å². The second kappa shape index (κ2) is 6.52. The third-order valence-corrected chi connectivity index (χ3v) is 2.32. The number of hydrogen-bond acceptors (Lipinski definition) is 3. The molecule has 0 aliphatic carbocycles. The van der Waals surface area contributed by atoms with Gasteiger partial charge in [0.25, 0.3) is 0 Å². The number of aromatic carboxylic acids is 1. The topological polar surface area (TPSA) is 92.4 Å². The van der Waals surface area contributed by atoms with Crippen LogP contribution in [0.1, 0.15) is 29.6 Å². The lowest BCUT2D eigenvalue weighted by molar-refractivity contribution is -0.118. The van der Waals surface area contributed by atoms with Crippen LogP contribution < -0.4 is 11.1 Å². The number of nitrogens with one attached hydrogen (secondary N) is 1. The Morgan fingerprint density at radius 2 is 1.94 bits per heavy atom. The number of hydrogen-bond donors (Lipinski definition) is 3. The number of amides is 1. The molecular formula is C12H16N2O3. The number of para-hydroxylation sites is 1. The van der Waals surface area contributed by atoms with Crippen LogP contribution in [-0.4, -0.2) is 23.5 Å². The standard InChI is InChI=1S/C12H16N2O3/c13-11(15)7-3-4-8-14-10-6-2-1-5-9(10)12(16)17/h1-2,5-6,14H,3-4,7-8H2,(H2,13,15)(H,16,17). The van der Waals surface area contributed by atoms with E-state index >= 15 is 0 Å². The van der Waals surface area contributed by atoms with Crippen LogP contribution in [0.5, 0.6) is 0 Å². The third-order valence-electron chi connectivity index (χ3n) is 2.32. The van der Waals surface area contributed by atoms with Crippen LogP contribution in [-0.2, 0) is 4.79 Å². The van der Waals surface area contributed by atoms with Crippen LogP contribution in [0, 0.1) is 0 Å². The van der Waals surface area contributed by atoms with Crippen molar-refractivity contribution < 1.29 is 14.7 Å². The number of unbranched alkanes of at least 4 members (excludes halogenated alkanes) is 1. The van der Waals surface area contributed by atoms with Gasteiger partial charge in [0.15, 0.2) is 0 Å². The Labute approximate surface area is 99.6 Å². The summed E-state index contributed by atoms with van der Waals surface area (Å²) >= 11 is 0. The van der Waals surface area contributed by atoms with E-state index in [9.17, 15) is 9.59 Å². The summed E-state index contributed by atoms with van der Waals surface area (Å²) in [6.07, 6.45) is 1.84. The van der Waals surface area contributed by atoms with Gasteiger partial charge in [0.2, 0.25) is 5.91 Å². The van der Waals surface area contributed by atoms with Gasteiger partial charge in [-0.05, 0) is 25.0 Å². The zero-order chi connectivity index (χ0) is 12.7. The van der Waals surface area contributed by atoms with E-state index in [1.807, 2.05) is 0 Å². The lowest BCUT2D eigenvalue weighted by Gasteiger charge is -2.08. The van der Waals surface area contributed by atoms with Crippen molar-refractivity contribution in [1.29, 1.82) is 0 Å². The predicted octanol–water partition coefficient (Wildman–Crippen LogP) is 1.45. The molecule has 1 aromatic rings. The van der Waals surface area contributed by atoms with E-state index in [0.29, 0.717) is 25.1 Å². The minimum absolute atomic E-state index is 0.252. The lowest BCUT2D eigenvalue weighted by atomic mass is 10.1. The van der Waals surface area contributed by atoms with Gasteiger partial charge < -0.3 is 16.2 Å². The molecule has 0 saturated heterocycles. The Morgan fingerprint density at radius 1 is 1.24 bits per heavy atom. The summed E-state index contributed by atoms with van der Waals surface area (Å²) < 4.78 is 0. The van der Waals surface area contributed by atoms with Crippen molar-refractivity contribution in [3.05, 3.63) is 29.8 Å². The van der Waals surface area contributed by atoms with Gasteiger partial charge in [-0.2, -0.15) is 0 Å². The SMILES string of the molecule is NC(=O)CCCCNc1ccccc1C(=O)O. The summed E-state index contributed by atoms with van der Waals surface area (Å²) in [5.41, 5.74) is 5.86. The number of carboxylic acid groups (broad SMARTS) is 1. The van der Waals surface area contributed by atoms with E-state index < -0.39 is 5.97 Å². The molecule has 0 aliphatic heterocycles. The van der Waals surface area contributed by atoms with Gasteiger partial charge in [0.05, 0.1) is 5.56 Å². The molecule has 0 fully saturated rings. The van der Waals surface area contributed by atoms with E-state index in [4.69, 9.17) is 10.8 Å². The van der Waals surface area contributed by atoms with Crippen molar-refractivity contribution in [2.75, 3.05) is 11.9 Å². The number of benzene rings is 1. The highest BCUT2D eigenvalue weighted by Gasteiger charge is 2.07. The van der Waals surface area contributed by atoms with Crippen molar-refractivity contribution in [3.63, 3.8) is 0 Å². The molecule has 0 unspecified atom stereocenters. The van der Waals surface area contributed by atoms with Gasteiger partial charge in [-0.25, -0.2) is 4.79 Å². The molecule has 92 valence electrons. The normalized spacial score (nSPS) is 9.88. The van der Waals surface area contributed by atoms with Gasteiger partial charge >= 0.3 is 5.97 Å². The summed E-state index contributed by atoms with van der Waals surface area (Å²) in [7, 11) is 0. The zero-order valence-electron chi connectivity index (χ0n) is 9.48. The molecule has 4 N–H and O–H groups in total. The minimum Gasteiger partial charge on any atom is -0.478 e. The maximum absolute atomic E-state index is 10.9. The molecule has 1 rings (SSSR count). The van der Waals surface area contributed by atoms with E-state index in [-0.39, 0.29) is 11.5 Å². The Balaban J connectivity index is 2.41. The minimum atomic E-state index is -0.953. The van der Waals surface area contributed by atoms with Crippen LogP contribution in [0.3, 0.4) is 0 Å². The van der Waals surface area contributed by atoms with E-state index in [1.54, 1.807) is 24.3 Å². The summed E-state index contributed by atoms with van der Waals surface area (Å²) in [6, 6.07) is 6.73. The summed E-state index contributed by atoms with van der Waals surface area (Å²) in [4.78, 5) is 21.4. The van der Waals surface area contributed by atoms with Gasteiger partial charge in [-0.1, -0.05) is 12.1 Å². The highest BCUT2D eigenvalue weighted by Crippen LogP contribution is 2.14. The average molecular weight is 236 g/mol. The molecule has 5 nitrogen and oxygen atoms in total. The van der Waals surface area contributed by atoms with Crippen LogP contribution in [0.4, 0.5) is 5.69 Å². The Kier molecular flexibility index (Phi) is 5.00. The van der Waals surface area contributed by atoms with Crippen molar-refractivity contribution >= 4 is 17.6 Å². The molecule has 1 amide bonds. The summed E-state index contributed by atoms with van der Waals surface area (Å²) in [5.74, 6) is -1.26. The molecule has 0 spiro atoms. The van der Waals surface area contributed by atoms with Crippen LogP contribution >= 0.6 is 0 Å². The van der Waals surface area contributed by atoms with Crippen LogP contribution in [0.2, 0.25) is 0 Å². The molecule has 17 heavy (non-hydrogen) atoms. The van der Waals surface area contributed by atoms with Crippen LogP contribution in [0.15, 0.2) is 24.3 Å². The van der Waals surface area contributed by atoms with E-state index in [2.05, 4.69) is 5.32 Å². The first-order valence-electron chi connectivity index (χ1n) is 5.45. The molecule has 5 heteroatoms. The average Bonchev–Trinajstić information content (AvgIpc) is 2.28. The van der Waals surface area contributed by atoms with Gasteiger partial charge in [-0.15, -0.1) is 0 Å². The maximum atomic E-state index is 10.9. The second-order valence-corrected chi connectivity index (χ2v) is 3.70. The summed E-state index contributed by atoms with van der Waals surface area (Å²) in [5, 5.41) is 12.0. The van der Waals surface area contributed by atoms with E-state index in [1.165, 1.54) is 0 Å². The number of carbonyl (C=O) groups is 2. The molecule has 0 radical (unpaired) electrons. The number of carbonyl (C=O) groups excluding carboxylic acids is 1. The molecular weight excluding hydrogens is 220 g/mol. The summed E-state index contributed by atoms with van der Waals surface area (Å²) in [6.45, 7) is 0.623. The van der Waals surface area contributed by atoms with Crippen molar-refractivity contribution in [2.24, 2.45) is 5.73 Å². The first kappa shape index (κ1) is 13.0.